The third-order valence-corrected chi connectivity index (χ3v) is 2.95. The maximum Gasteiger partial charge on any atom is 0.276 e. The van der Waals surface area contributed by atoms with Crippen molar-refractivity contribution in [3.63, 3.8) is 0 Å². The monoisotopic (exact) mass is 226 g/mol. The van der Waals surface area contributed by atoms with Crippen LogP contribution in [0.25, 0.3) is 0 Å². The number of nitrogens with one attached hydrogen (secondary N) is 1. The molecule has 0 aliphatic heterocycles. The van der Waals surface area contributed by atoms with E-state index in [2.05, 4.69) is 21.6 Å². The lowest BCUT2D eigenvalue weighted by Gasteiger charge is -2.19. The molecule has 0 radical (unpaired) electrons. The van der Waals surface area contributed by atoms with E-state index >= 15 is 0 Å². The van der Waals surface area contributed by atoms with E-state index in [0.717, 1.165) is 12.2 Å². The van der Waals surface area contributed by atoms with Crippen LogP contribution in [0.15, 0.2) is 9.64 Å². The fraction of sp³-hybridized carbons (Fsp3) is 0.667. The first-order chi connectivity index (χ1) is 7.09. The van der Waals surface area contributed by atoms with Gasteiger partial charge < -0.3 is 9.73 Å². The lowest BCUT2D eigenvalue weighted by Crippen LogP contribution is -2.38. The first kappa shape index (κ1) is 12.0. The second-order valence-corrected chi connectivity index (χ2v) is 4.43. The normalized spacial score (nSPS) is 14.5. The molecular weight excluding hydrogens is 212 g/mol. The summed E-state index contributed by atoms with van der Waals surface area (Å²) in [6.45, 7) is 3.62. The largest absolute Gasteiger partial charge is 0.416 e. The molecule has 0 saturated carbocycles. The van der Waals surface area contributed by atoms with Gasteiger partial charge >= 0.3 is 0 Å². The number of aryl methyl sites for hydroxylation is 1. The van der Waals surface area contributed by atoms with Crippen molar-refractivity contribution in [3.8, 4) is 6.07 Å². The third-order valence-electron chi connectivity index (χ3n) is 2.13. The molecular formula is C9H14N4OS. The Labute approximate surface area is 93.3 Å². The summed E-state index contributed by atoms with van der Waals surface area (Å²) in [6.07, 6.45) is 0.728. The number of nitrogens with zero attached hydrogens (tertiary/aromatic N) is 3. The highest BCUT2D eigenvalue weighted by Crippen LogP contribution is 2.20. The standard InChI is InChI=1S/C9H14N4OS/c1-7-12-13-8(14-7)15-5-4-9(2,6-10)11-3/h11H,4-5H2,1-3H3. The quantitative estimate of drug-likeness (QED) is 0.764. The molecule has 0 amide bonds. The summed E-state index contributed by atoms with van der Waals surface area (Å²) in [6, 6.07) is 2.23. The van der Waals surface area contributed by atoms with E-state index in [9.17, 15) is 0 Å². The molecule has 15 heavy (non-hydrogen) atoms. The van der Waals surface area contributed by atoms with E-state index in [4.69, 9.17) is 9.68 Å². The van der Waals surface area contributed by atoms with Crippen LogP contribution in [0, 0.1) is 18.3 Å². The summed E-state index contributed by atoms with van der Waals surface area (Å²) >= 11 is 1.47. The van der Waals surface area contributed by atoms with E-state index in [1.165, 1.54) is 11.8 Å². The lowest BCUT2D eigenvalue weighted by molar-refractivity contribution is 0.428. The molecule has 0 aromatic carbocycles. The van der Waals surface area contributed by atoms with Crippen molar-refractivity contribution < 1.29 is 4.42 Å². The average molecular weight is 226 g/mol. The van der Waals surface area contributed by atoms with Gasteiger partial charge in [0.05, 0.1) is 6.07 Å². The minimum Gasteiger partial charge on any atom is -0.416 e. The van der Waals surface area contributed by atoms with Crippen molar-refractivity contribution in [1.82, 2.24) is 15.5 Å². The average Bonchev–Trinajstić information content (AvgIpc) is 2.64. The van der Waals surface area contributed by atoms with Crippen molar-refractivity contribution in [2.75, 3.05) is 12.8 Å². The van der Waals surface area contributed by atoms with Crippen molar-refractivity contribution in [2.24, 2.45) is 0 Å². The zero-order valence-electron chi connectivity index (χ0n) is 9.07. The van der Waals surface area contributed by atoms with Crippen molar-refractivity contribution in [3.05, 3.63) is 5.89 Å². The van der Waals surface area contributed by atoms with Crippen molar-refractivity contribution in [2.45, 2.75) is 31.0 Å². The molecule has 5 nitrogen and oxygen atoms in total. The van der Waals surface area contributed by atoms with Crippen LogP contribution in [-0.2, 0) is 0 Å². The van der Waals surface area contributed by atoms with Gasteiger partial charge in [-0.25, -0.2) is 0 Å². The summed E-state index contributed by atoms with van der Waals surface area (Å²) in [7, 11) is 1.78. The number of rotatable bonds is 5. The molecule has 0 aliphatic rings. The molecule has 0 aliphatic carbocycles. The highest BCUT2D eigenvalue weighted by molar-refractivity contribution is 7.99. The van der Waals surface area contributed by atoms with Crippen LogP contribution in [0.3, 0.4) is 0 Å². The van der Waals surface area contributed by atoms with Crippen LogP contribution in [0.4, 0.5) is 0 Å². The molecule has 1 unspecified atom stereocenters. The van der Waals surface area contributed by atoms with Gasteiger partial charge in [0.15, 0.2) is 0 Å². The van der Waals surface area contributed by atoms with Crippen LogP contribution in [0.2, 0.25) is 0 Å². The van der Waals surface area contributed by atoms with Crippen LogP contribution in [0.5, 0.6) is 0 Å². The van der Waals surface area contributed by atoms with Crippen LogP contribution in [-0.4, -0.2) is 28.5 Å². The minimum absolute atomic E-state index is 0.484. The summed E-state index contributed by atoms with van der Waals surface area (Å²) < 4.78 is 5.20. The maximum atomic E-state index is 8.91. The van der Waals surface area contributed by atoms with Crippen molar-refractivity contribution >= 4 is 11.8 Å². The van der Waals surface area contributed by atoms with Gasteiger partial charge in [0.1, 0.15) is 5.54 Å². The Morgan fingerprint density at radius 2 is 2.33 bits per heavy atom. The van der Waals surface area contributed by atoms with Crippen LogP contribution < -0.4 is 5.32 Å². The third kappa shape index (κ3) is 3.53. The first-order valence-electron chi connectivity index (χ1n) is 4.63. The topological polar surface area (TPSA) is 74.7 Å². The Bertz CT molecular complexity index is 359. The van der Waals surface area contributed by atoms with E-state index in [1.54, 1.807) is 14.0 Å². The molecule has 6 heteroatoms. The number of hydrogen-bond acceptors (Lipinski definition) is 6. The highest BCUT2D eigenvalue weighted by Gasteiger charge is 2.20. The molecule has 1 atom stereocenters. The van der Waals surface area contributed by atoms with E-state index in [-0.39, 0.29) is 0 Å². The second-order valence-electron chi connectivity index (χ2n) is 3.38. The molecule has 0 bridgehead atoms. The lowest BCUT2D eigenvalue weighted by atomic mass is 10.0. The molecule has 0 fully saturated rings. The Kier molecular flexibility index (Phi) is 4.12. The first-order valence-corrected chi connectivity index (χ1v) is 5.61. The van der Waals surface area contributed by atoms with Gasteiger partial charge in [0.25, 0.3) is 5.22 Å². The Balaban J connectivity index is 2.37. The maximum absolute atomic E-state index is 8.91. The number of nitriles is 1. The zero-order chi connectivity index (χ0) is 11.3. The van der Waals surface area contributed by atoms with E-state index in [0.29, 0.717) is 11.1 Å². The highest BCUT2D eigenvalue weighted by atomic mass is 32.2. The van der Waals surface area contributed by atoms with Gasteiger partial charge in [-0.3, -0.25) is 0 Å². The smallest absolute Gasteiger partial charge is 0.276 e. The van der Waals surface area contributed by atoms with Gasteiger partial charge in [-0.2, -0.15) is 5.26 Å². The minimum atomic E-state index is -0.484. The number of hydrogen-bond donors (Lipinski definition) is 1. The SMILES string of the molecule is CNC(C)(C#N)CCSc1nnc(C)o1. The fourth-order valence-electron chi connectivity index (χ4n) is 0.916. The predicted molar refractivity (Wildman–Crippen MR) is 57.5 cm³/mol. The Hall–Kier alpha value is -1.06. The Morgan fingerprint density at radius 3 is 2.80 bits per heavy atom. The van der Waals surface area contributed by atoms with E-state index < -0.39 is 5.54 Å². The van der Waals surface area contributed by atoms with Gasteiger partial charge in [-0.05, 0) is 20.4 Å². The zero-order valence-corrected chi connectivity index (χ0v) is 9.89. The number of thioether (sulfide) groups is 1. The van der Waals surface area contributed by atoms with Crippen molar-refractivity contribution in [1.29, 1.82) is 5.26 Å². The summed E-state index contributed by atoms with van der Waals surface area (Å²) in [5.41, 5.74) is -0.484. The summed E-state index contributed by atoms with van der Waals surface area (Å²) in [5.74, 6) is 1.33. The van der Waals surface area contributed by atoms with Gasteiger partial charge in [-0.1, -0.05) is 11.8 Å². The van der Waals surface area contributed by atoms with Gasteiger partial charge in [0.2, 0.25) is 5.89 Å². The molecule has 0 spiro atoms. The summed E-state index contributed by atoms with van der Waals surface area (Å²) in [5, 5.41) is 20.0. The molecule has 1 aromatic heterocycles. The molecule has 1 aromatic rings. The molecule has 1 heterocycles. The van der Waals surface area contributed by atoms with Crippen LogP contribution >= 0.6 is 11.8 Å². The number of aromatic nitrogens is 2. The molecule has 82 valence electrons. The molecule has 0 saturated heterocycles. The predicted octanol–water partition coefficient (Wildman–Crippen LogP) is 1.36. The van der Waals surface area contributed by atoms with E-state index in [1.807, 2.05) is 6.92 Å². The summed E-state index contributed by atoms with van der Waals surface area (Å²) in [4.78, 5) is 0. The van der Waals surface area contributed by atoms with Gasteiger partial charge in [-0.15, -0.1) is 10.2 Å². The Morgan fingerprint density at radius 1 is 1.60 bits per heavy atom. The van der Waals surface area contributed by atoms with Gasteiger partial charge in [0, 0.05) is 12.7 Å². The molecule has 1 rings (SSSR count). The molecule has 1 N–H and O–H groups in total. The fourth-order valence-corrected chi connectivity index (χ4v) is 1.88. The second kappa shape index (κ2) is 5.14. The van der Waals surface area contributed by atoms with Crippen LogP contribution in [0.1, 0.15) is 19.2 Å².